The van der Waals surface area contributed by atoms with Crippen molar-refractivity contribution in [3.05, 3.63) is 94.6 Å². The average Bonchev–Trinajstić information content (AvgIpc) is 3.24. The van der Waals surface area contributed by atoms with Gasteiger partial charge in [0.05, 0.1) is 5.56 Å². The van der Waals surface area contributed by atoms with Crippen LogP contribution in [0.3, 0.4) is 0 Å². The number of aromatic hydroxyl groups is 3. The van der Waals surface area contributed by atoms with Crippen molar-refractivity contribution in [3.63, 3.8) is 0 Å². The smallest absolute Gasteiger partial charge is 0.336 e. The first-order chi connectivity index (χ1) is 18.6. The van der Waals surface area contributed by atoms with Gasteiger partial charge in [0, 0.05) is 24.8 Å². The lowest BCUT2D eigenvalue weighted by atomic mass is 10.0. The summed E-state index contributed by atoms with van der Waals surface area (Å²) in [5.74, 6) is -2.63. The molecule has 2 aromatic rings. The maximum atomic E-state index is 12.5. The number of carbonyl (C=O) groups is 2. The van der Waals surface area contributed by atoms with Crippen LogP contribution in [0.2, 0.25) is 0 Å². The SMILES string of the molecule is CO[C@@]1(c2cc(O)ccc2O)C=C(CCC=C(C)CCC=C(C)COC(=O)/C=C/c2ccc(O)cc2)C(=O)O1. The molecule has 0 saturated carbocycles. The number of phenolic OH excluding ortho intramolecular Hbond substituents is 3. The predicted octanol–water partition coefficient (Wildman–Crippen LogP) is 5.80. The quantitative estimate of drug-likeness (QED) is 0.135. The fourth-order valence-electron chi connectivity index (χ4n) is 4.01. The highest BCUT2D eigenvalue weighted by Crippen LogP contribution is 2.42. The molecule has 0 spiro atoms. The van der Waals surface area contributed by atoms with Crippen LogP contribution in [0, 0.1) is 0 Å². The second kappa shape index (κ2) is 13.5. The predicted molar refractivity (Wildman–Crippen MR) is 147 cm³/mol. The molecular formula is C31H34O8. The number of hydrogen-bond donors (Lipinski definition) is 3. The Morgan fingerprint density at radius 2 is 1.67 bits per heavy atom. The van der Waals surface area contributed by atoms with E-state index in [9.17, 15) is 24.9 Å². The van der Waals surface area contributed by atoms with E-state index in [2.05, 4.69) is 6.08 Å². The monoisotopic (exact) mass is 534 g/mol. The normalized spacial score (nSPS) is 17.8. The van der Waals surface area contributed by atoms with Crippen LogP contribution in [0.25, 0.3) is 6.08 Å². The highest BCUT2D eigenvalue weighted by molar-refractivity contribution is 5.91. The Bertz CT molecular complexity index is 1300. The molecule has 1 aliphatic rings. The van der Waals surface area contributed by atoms with Crippen LogP contribution in [0.1, 0.15) is 50.7 Å². The Morgan fingerprint density at radius 1 is 0.974 bits per heavy atom. The molecule has 3 N–H and O–H groups in total. The highest BCUT2D eigenvalue weighted by atomic mass is 16.7. The number of rotatable bonds is 12. The van der Waals surface area contributed by atoms with Crippen molar-refractivity contribution in [1.29, 1.82) is 0 Å². The lowest BCUT2D eigenvalue weighted by molar-refractivity contribution is -0.193. The molecule has 0 aromatic heterocycles. The first kappa shape index (κ1) is 29.3. The van der Waals surface area contributed by atoms with E-state index in [1.165, 1.54) is 31.4 Å². The van der Waals surface area contributed by atoms with Gasteiger partial charge in [-0.2, -0.15) is 0 Å². The molecule has 0 amide bonds. The Kier molecular flexibility index (Phi) is 10.1. The topological polar surface area (TPSA) is 123 Å². The van der Waals surface area contributed by atoms with Crippen LogP contribution in [0.4, 0.5) is 0 Å². The molecule has 2 aromatic carbocycles. The number of ether oxygens (including phenoxy) is 3. The van der Waals surface area contributed by atoms with E-state index in [0.29, 0.717) is 18.4 Å². The zero-order valence-electron chi connectivity index (χ0n) is 22.3. The van der Waals surface area contributed by atoms with Gasteiger partial charge in [0.1, 0.15) is 23.9 Å². The molecule has 0 aliphatic carbocycles. The molecule has 1 aliphatic heterocycles. The van der Waals surface area contributed by atoms with Gasteiger partial charge in [0.15, 0.2) is 0 Å². The van der Waals surface area contributed by atoms with E-state index in [4.69, 9.17) is 14.2 Å². The molecule has 0 unspecified atom stereocenters. The van der Waals surface area contributed by atoms with Crippen molar-refractivity contribution < 1.29 is 39.1 Å². The summed E-state index contributed by atoms with van der Waals surface area (Å²) in [4.78, 5) is 24.4. The molecule has 8 heteroatoms. The van der Waals surface area contributed by atoms with Crippen LogP contribution in [0.5, 0.6) is 17.2 Å². The molecule has 3 rings (SSSR count). The number of hydrogen-bond acceptors (Lipinski definition) is 8. The summed E-state index contributed by atoms with van der Waals surface area (Å²) in [5, 5.41) is 29.3. The minimum atomic E-state index is -1.58. The Balaban J connectivity index is 1.45. The van der Waals surface area contributed by atoms with E-state index < -0.39 is 17.7 Å². The number of allylic oxidation sites excluding steroid dienone is 3. The van der Waals surface area contributed by atoms with Crippen molar-refractivity contribution in [2.75, 3.05) is 13.7 Å². The van der Waals surface area contributed by atoms with E-state index in [-0.39, 0.29) is 29.4 Å². The Hall–Kier alpha value is -4.30. The summed E-state index contributed by atoms with van der Waals surface area (Å²) in [5.41, 5.74) is 3.47. The molecule has 0 saturated heterocycles. The van der Waals surface area contributed by atoms with Gasteiger partial charge in [-0.05, 0) is 87.1 Å². The fourth-order valence-corrected chi connectivity index (χ4v) is 4.01. The zero-order chi connectivity index (χ0) is 28.4. The number of phenols is 3. The van der Waals surface area contributed by atoms with Crippen LogP contribution < -0.4 is 0 Å². The highest BCUT2D eigenvalue weighted by Gasteiger charge is 2.43. The minimum Gasteiger partial charge on any atom is -0.508 e. The van der Waals surface area contributed by atoms with Gasteiger partial charge in [-0.1, -0.05) is 29.9 Å². The second-order valence-corrected chi connectivity index (χ2v) is 9.34. The standard InChI is InChI=1S/C31H34O8/c1-21(6-4-8-22(2)20-38-29(35)17-12-23-10-13-25(32)14-11-23)7-5-9-24-19-31(37-3,39-30(24)36)27-18-26(33)15-16-28(27)34/h7-8,10-19,32-34H,4-6,9,20H2,1-3H3/b17-12+,21-7?,22-8?/t31-/m0/s1. The van der Waals surface area contributed by atoms with Gasteiger partial charge in [-0.25, -0.2) is 9.59 Å². The lowest BCUT2D eigenvalue weighted by Crippen LogP contribution is -2.27. The molecule has 39 heavy (non-hydrogen) atoms. The van der Waals surface area contributed by atoms with E-state index in [1.54, 1.807) is 36.4 Å². The number of benzene rings is 2. The Labute approximate surface area is 228 Å². The van der Waals surface area contributed by atoms with Gasteiger partial charge < -0.3 is 29.5 Å². The number of methoxy groups -OCH3 is 1. The molecule has 0 bridgehead atoms. The van der Waals surface area contributed by atoms with Crippen molar-refractivity contribution >= 4 is 18.0 Å². The maximum absolute atomic E-state index is 12.5. The Morgan fingerprint density at radius 3 is 2.38 bits per heavy atom. The molecule has 206 valence electrons. The summed E-state index contributed by atoms with van der Waals surface area (Å²) < 4.78 is 16.2. The average molecular weight is 535 g/mol. The largest absolute Gasteiger partial charge is 0.508 e. The molecule has 8 nitrogen and oxygen atoms in total. The van der Waals surface area contributed by atoms with Gasteiger partial charge in [-0.3, -0.25) is 0 Å². The molecule has 1 heterocycles. The summed E-state index contributed by atoms with van der Waals surface area (Å²) in [6.07, 6.45) is 11.3. The summed E-state index contributed by atoms with van der Waals surface area (Å²) in [6, 6.07) is 10.4. The fraction of sp³-hybridized carbons (Fsp3) is 0.290. The lowest BCUT2D eigenvalue weighted by Gasteiger charge is -2.25. The first-order valence-corrected chi connectivity index (χ1v) is 12.6. The third-order valence-electron chi connectivity index (χ3n) is 6.21. The molecular weight excluding hydrogens is 500 g/mol. The number of esters is 2. The van der Waals surface area contributed by atoms with Crippen molar-refractivity contribution in [1.82, 2.24) is 0 Å². The summed E-state index contributed by atoms with van der Waals surface area (Å²) in [7, 11) is 1.37. The summed E-state index contributed by atoms with van der Waals surface area (Å²) in [6.45, 7) is 4.12. The van der Waals surface area contributed by atoms with E-state index in [1.807, 2.05) is 19.9 Å². The first-order valence-electron chi connectivity index (χ1n) is 12.6. The third-order valence-corrected chi connectivity index (χ3v) is 6.21. The van der Waals surface area contributed by atoms with Crippen LogP contribution in [-0.2, 0) is 29.6 Å². The molecule has 1 atom stereocenters. The van der Waals surface area contributed by atoms with Crippen molar-refractivity contribution in [2.45, 2.75) is 45.3 Å². The van der Waals surface area contributed by atoms with Crippen LogP contribution in [-0.4, -0.2) is 41.0 Å². The van der Waals surface area contributed by atoms with Gasteiger partial charge in [0.25, 0.3) is 5.79 Å². The number of cyclic esters (lactones) is 1. The van der Waals surface area contributed by atoms with Gasteiger partial charge in [-0.15, -0.1) is 0 Å². The van der Waals surface area contributed by atoms with Crippen LogP contribution >= 0.6 is 0 Å². The van der Waals surface area contributed by atoms with Crippen LogP contribution in [0.15, 0.2) is 83.5 Å². The zero-order valence-corrected chi connectivity index (χ0v) is 22.3. The van der Waals surface area contributed by atoms with E-state index >= 15 is 0 Å². The molecule has 0 fully saturated rings. The third kappa shape index (κ3) is 8.35. The van der Waals surface area contributed by atoms with E-state index in [0.717, 1.165) is 29.6 Å². The second-order valence-electron chi connectivity index (χ2n) is 9.34. The van der Waals surface area contributed by atoms with Gasteiger partial charge in [0.2, 0.25) is 0 Å². The minimum absolute atomic E-state index is 0.0828. The van der Waals surface area contributed by atoms with Gasteiger partial charge >= 0.3 is 11.9 Å². The summed E-state index contributed by atoms with van der Waals surface area (Å²) >= 11 is 0. The van der Waals surface area contributed by atoms with Crippen molar-refractivity contribution in [2.24, 2.45) is 0 Å². The maximum Gasteiger partial charge on any atom is 0.336 e. The number of carbonyl (C=O) groups excluding carboxylic acids is 2. The van der Waals surface area contributed by atoms with Crippen molar-refractivity contribution in [3.8, 4) is 17.2 Å². The molecule has 0 radical (unpaired) electrons.